The number of methoxy groups -OCH3 is 1. The molecule has 0 amide bonds. The van der Waals surface area contributed by atoms with E-state index in [9.17, 15) is 5.11 Å². The summed E-state index contributed by atoms with van der Waals surface area (Å²) in [5.41, 5.74) is 2.67. The minimum Gasteiger partial charge on any atom is -0.493 e. The molecule has 1 N–H and O–H groups in total. The first-order valence-corrected chi connectivity index (χ1v) is 6.52. The maximum absolute atomic E-state index is 10.6. The van der Waals surface area contributed by atoms with Crippen molar-refractivity contribution in [2.75, 3.05) is 7.11 Å². The van der Waals surface area contributed by atoms with E-state index in [1.165, 1.54) is 0 Å². The summed E-state index contributed by atoms with van der Waals surface area (Å²) >= 11 is 0. The summed E-state index contributed by atoms with van der Waals surface area (Å²) in [4.78, 5) is 0. The Kier molecular flexibility index (Phi) is 4.22. The number of aliphatic hydroxyl groups excluding tert-OH is 1. The lowest BCUT2D eigenvalue weighted by molar-refractivity contribution is 0.201. The Morgan fingerprint density at radius 3 is 2.74 bits per heavy atom. The minimum atomic E-state index is -0.717. The number of hydrogen-bond acceptors (Lipinski definition) is 3. The number of aryl methyl sites for hydroxylation is 2. The third kappa shape index (κ3) is 2.63. The molecule has 1 heterocycles. The maximum atomic E-state index is 10.6. The van der Waals surface area contributed by atoms with Crippen LogP contribution in [0.25, 0.3) is 0 Å². The second-order valence-electron chi connectivity index (χ2n) is 4.58. The molecule has 1 atom stereocenters. The standard InChI is InChI=1S/C15H20N2O2/c1-4-9-17-14(13(19-3)10-16-17)15(18)12-8-6-5-7-11(12)2/h5-8,10,15,18H,4,9H2,1-3H3. The van der Waals surface area contributed by atoms with Gasteiger partial charge in [0.25, 0.3) is 0 Å². The summed E-state index contributed by atoms with van der Waals surface area (Å²) in [6.07, 6.45) is 1.90. The molecule has 102 valence electrons. The van der Waals surface area contributed by atoms with Gasteiger partial charge in [0, 0.05) is 6.54 Å². The molecule has 0 fully saturated rings. The highest BCUT2D eigenvalue weighted by molar-refractivity contribution is 5.38. The first-order chi connectivity index (χ1) is 9.19. The Morgan fingerprint density at radius 2 is 2.11 bits per heavy atom. The van der Waals surface area contributed by atoms with Gasteiger partial charge in [0.1, 0.15) is 11.8 Å². The average Bonchev–Trinajstić information content (AvgIpc) is 2.82. The highest BCUT2D eigenvalue weighted by atomic mass is 16.5. The summed E-state index contributed by atoms with van der Waals surface area (Å²) in [7, 11) is 1.60. The smallest absolute Gasteiger partial charge is 0.163 e. The predicted octanol–water partition coefficient (Wildman–Crippen LogP) is 2.69. The summed E-state index contributed by atoms with van der Waals surface area (Å²) in [5.74, 6) is 0.629. The molecule has 19 heavy (non-hydrogen) atoms. The Hall–Kier alpha value is -1.81. The zero-order valence-corrected chi connectivity index (χ0v) is 11.6. The number of nitrogens with zero attached hydrogens (tertiary/aromatic N) is 2. The Balaban J connectivity index is 2.45. The van der Waals surface area contributed by atoms with E-state index < -0.39 is 6.10 Å². The molecule has 0 aliphatic rings. The molecule has 0 spiro atoms. The summed E-state index contributed by atoms with van der Waals surface area (Å²) in [6.45, 7) is 4.84. The predicted molar refractivity (Wildman–Crippen MR) is 74.3 cm³/mol. The lowest BCUT2D eigenvalue weighted by Crippen LogP contribution is -2.12. The van der Waals surface area contributed by atoms with Crippen LogP contribution in [-0.4, -0.2) is 22.0 Å². The van der Waals surface area contributed by atoms with Gasteiger partial charge in [-0.15, -0.1) is 0 Å². The molecule has 4 nitrogen and oxygen atoms in total. The van der Waals surface area contributed by atoms with E-state index in [2.05, 4.69) is 12.0 Å². The number of aromatic nitrogens is 2. The van der Waals surface area contributed by atoms with Gasteiger partial charge in [0.05, 0.1) is 13.3 Å². The van der Waals surface area contributed by atoms with E-state index in [-0.39, 0.29) is 0 Å². The maximum Gasteiger partial charge on any atom is 0.163 e. The molecule has 0 aliphatic heterocycles. The summed E-state index contributed by atoms with van der Waals surface area (Å²) in [5, 5.41) is 14.9. The van der Waals surface area contributed by atoms with E-state index in [1.54, 1.807) is 13.3 Å². The van der Waals surface area contributed by atoms with Crippen LogP contribution in [-0.2, 0) is 6.54 Å². The molecule has 0 aliphatic carbocycles. The van der Waals surface area contributed by atoms with Crippen LogP contribution in [0.15, 0.2) is 30.5 Å². The van der Waals surface area contributed by atoms with Crippen LogP contribution in [0, 0.1) is 6.92 Å². The van der Waals surface area contributed by atoms with Crippen molar-refractivity contribution in [2.45, 2.75) is 32.9 Å². The molecule has 0 saturated carbocycles. The molecule has 0 bridgehead atoms. The van der Waals surface area contributed by atoms with Gasteiger partial charge in [-0.25, -0.2) is 0 Å². The van der Waals surface area contributed by atoms with Crippen LogP contribution in [0.3, 0.4) is 0 Å². The first kappa shape index (κ1) is 13.6. The van der Waals surface area contributed by atoms with Gasteiger partial charge in [0.15, 0.2) is 5.75 Å². The van der Waals surface area contributed by atoms with Crippen LogP contribution in [0.1, 0.15) is 36.3 Å². The number of aliphatic hydroxyl groups is 1. The highest BCUT2D eigenvalue weighted by Gasteiger charge is 2.22. The zero-order valence-electron chi connectivity index (χ0n) is 11.6. The topological polar surface area (TPSA) is 47.3 Å². The van der Waals surface area contributed by atoms with Gasteiger partial charge in [-0.05, 0) is 24.5 Å². The third-order valence-corrected chi connectivity index (χ3v) is 3.24. The van der Waals surface area contributed by atoms with E-state index in [4.69, 9.17) is 4.74 Å². The van der Waals surface area contributed by atoms with Crippen molar-refractivity contribution in [3.63, 3.8) is 0 Å². The van der Waals surface area contributed by atoms with Gasteiger partial charge in [0.2, 0.25) is 0 Å². The number of rotatable bonds is 5. The third-order valence-electron chi connectivity index (χ3n) is 3.24. The van der Waals surface area contributed by atoms with Crippen LogP contribution in [0.2, 0.25) is 0 Å². The van der Waals surface area contributed by atoms with Gasteiger partial charge >= 0.3 is 0 Å². The van der Waals surface area contributed by atoms with E-state index in [0.29, 0.717) is 5.75 Å². The number of benzene rings is 1. The molecule has 2 aromatic rings. The Labute approximate surface area is 113 Å². The second kappa shape index (κ2) is 5.89. The van der Waals surface area contributed by atoms with Gasteiger partial charge < -0.3 is 9.84 Å². The van der Waals surface area contributed by atoms with Crippen LogP contribution >= 0.6 is 0 Å². The van der Waals surface area contributed by atoms with Crippen molar-refractivity contribution >= 4 is 0 Å². The van der Waals surface area contributed by atoms with Crippen LogP contribution < -0.4 is 4.74 Å². The van der Waals surface area contributed by atoms with Crippen LogP contribution in [0.5, 0.6) is 5.75 Å². The van der Waals surface area contributed by atoms with E-state index >= 15 is 0 Å². The molecule has 0 radical (unpaired) electrons. The normalized spacial score (nSPS) is 12.4. The fourth-order valence-electron chi connectivity index (χ4n) is 2.24. The van der Waals surface area contributed by atoms with Crippen molar-refractivity contribution in [1.82, 2.24) is 9.78 Å². The van der Waals surface area contributed by atoms with Gasteiger partial charge in [-0.3, -0.25) is 4.68 Å². The molecule has 2 rings (SSSR count). The molecule has 1 aromatic heterocycles. The van der Waals surface area contributed by atoms with E-state index in [1.807, 2.05) is 35.9 Å². The quantitative estimate of drug-likeness (QED) is 0.899. The molecule has 0 saturated heterocycles. The van der Waals surface area contributed by atoms with Crippen molar-refractivity contribution in [3.8, 4) is 5.75 Å². The average molecular weight is 260 g/mol. The Morgan fingerprint density at radius 1 is 1.37 bits per heavy atom. The van der Waals surface area contributed by atoms with Crippen molar-refractivity contribution in [2.24, 2.45) is 0 Å². The van der Waals surface area contributed by atoms with Crippen molar-refractivity contribution < 1.29 is 9.84 Å². The molecule has 1 aromatic carbocycles. The second-order valence-corrected chi connectivity index (χ2v) is 4.58. The first-order valence-electron chi connectivity index (χ1n) is 6.52. The molecule has 1 unspecified atom stereocenters. The fraction of sp³-hybridized carbons (Fsp3) is 0.400. The lowest BCUT2D eigenvalue weighted by Gasteiger charge is -2.16. The SMILES string of the molecule is CCCn1ncc(OC)c1C(O)c1ccccc1C. The number of ether oxygens (including phenoxy) is 1. The summed E-state index contributed by atoms with van der Waals surface area (Å²) < 4.78 is 7.13. The van der Waals surface area contributed by atoms with Crippen molar-refractivity contribution in [1.29, 1.82) is 0 Å². The van der Waals surface area contributed by atoms with Crippen LogP contribution in [0.4, 0.5) is 0 Å². The largest absolute Gasteiger partial charge is 0.493 e. The fourth-order valence-corrected chi connectivity index (χ4v) is 2.24. The van der Waals surface area contributed by atoms with Gasteiger partial charge in [-0.2, -0.15) is 5.10 Å². The number of hydrogen-bond donors (Lipinski definition) is 1. The van der Waals surface area contributed by atoms with Gasteiger partial charge in [-0.1, -0.05) is 31.2 Å². The van der Waals surface area contributed by atoms with E-state index in [0.717, 1.165) is 29.8 Å². The molecule has 4 heteroatoms. The summed E-state index contributed by atoms with van der Waals surface area (Å²) in [6, 6.07) is 7.82. The zero-order chi connectivity index (χ0) is 13.8. The molecular weight excluding hydrogens is 240 g/mol. The minimum absolute atomic E-state index is 0.629. The molecular formula is C15H20N2O2. The van der Waals surface area contributed by atoms with Crippen molar-refractivity contribution in [3.05, 3.63) is 47.3 Å². The Bertz CT molecular complexity index is 549. The highest BCUT2D eigenvalue weighted by Crippen LogP contribution is 2.31. The monoisotopic (exact) mass is 260 g/mol. The lowest BCUT2D eigenvalue weighted by atomic mass is 10.0.